The second kappa shape index (κ2) is 4.35. The van der Waals surface area contributed by atoms with Gasteiger partial charge in [-0.1, -0.05) is 0 Å². The van der Waals surface area contributed by atoms with Crippen molar-refractivity contribution in [2.24, 2.45) is 5.73 Å². The molecular formula is C14H18FNO2. The molecule has 0 heterocycles. The summed E-state index contributed by atoms with van der Waals surface area (Å²) >= 11 is 0. The number of benzene rings is 1. The van der Waals surface area contributed by atoms with Gasteiger partial charge in [0, 0.05) is 11.5 Å². The van der Waals surface area contributed by atoms with Gasteiger partial charge < -0.3 is 10.5 Å². The van der Waals surface area contributed by atoms with Crippen LogP contribution in [0.15, 0.2) is 12.1 Å². The number of esters is 1. The topological polar surface area (TPSA) is 52.3 Å². The third kappa shape index (κ3) is 1.90. The third-order valence-corrected chi connectivity index (χ3v) is 3.98. The minimum Gasteiger partial charge on any atom is -0.465 e. The standard InChI is InChI=1S/C14H18FNO2/c1-8-11(13(17)18-3)6-10(7-12(8)15)14(4-5-14)9(2)16/h6-7,9H,4-5,16H2,1-3H3. The van der Waals surface area contributed by atoms with E-state index in [1.807, 2.05) is 6.92 Å². The summed E-state index contributed by atoms with van der Waals surface area (Å²) in [6.45, 7) is 3.50. The van der Waals surface area contributed by atoms with Crippen LogP contribution in [0.1, 0.15) is 41.3 Å². The highest BCUT2D eigenvalue weighted by Gasteiger charge is 2.48. The van der Waals surface area contributed by atoms with Gasteiger partial charge in [-0.25, -0.2) is 9.18 Å². The Balaban J connectivity index is 2.52. The average molecular weight is 251 g/mol. The summed E-state index contributed by atoms with van der Waals surface area (Å²) < 4.78 is 18.6. The minimum absolute atomic E-state index is 0.0508. The largest absolute Gasteiger partial charge is 0.465 e. The SMILES string of the molecule is COC(=O)c1cc(C2(C(C)N)CC2)cc(F)c1C. The molecule has 1 aliphatic carbocycles. The number of hydrogen-bond donors (Lipinski definition) is 1. The summed E-state index contributed by atoms with van der Waals surface area (Å²) in [5, 5.41) is 0. The predicted molar refractivity (Wildman–Crippen MR) is 67.0 cm³/mol. The monoisotopic (exact) mass is 251 g/mol. The van der Waals surface area contributed by atoms with Crippen molar-refractivity contribution in [3.8, 4) is 0 Å². The zero-order valence-electron chi connectivity index (χ0n) is 10.9. The molecule has 1 aromatic rings. The first-order valence-corrected chi connectivity index (χ1v) is 6.07. The number of rotatable bonds is 3. The van der Waals surface area contributed by atoms with Crippen LogP contribution in [0.5, 0.6) is 0 Å². The average Bonchev–Trinajstić information content (AvgIpc) is 3.12. The number of halogens is 1. The summed E-state index contributed by atoms with van der Waals surface area (Å²) in [5.74, 6) is -0.881. The minimum atomic E-state index is -0.506. The van der Waals surface area contributed by atoms with Gasteiger partial charge in [0.2, 0.25) is 0 Å². The van der Waals surface area contributed by atoms with E-state index < -0.39 is 5.97 Å². The zero-order valence-corrected chi connectivity index (χ0v) is 10.9. The molecule has 18 heavy (non-hydrogen) atoms. The van der Waals surface area contributed by atoms with Crippen molar-refractivity contribution in [1.29, 1.82) is 0 Å². The highest BCUT2D eigenvalue weighted by molar-refractivity contribution is 5.91. The summed E-state index contributed by atoms with van der Waals surface area (Å²) in [6, 6.07) is 3.17. The van der Waals surface area contributed by atoms with Crippen molar-refractivity contribution in [3.63, 3.8) is 0 Å². The van der Waals surface area contributed by atoms with Gasteiger partial charge in [-0.3, -0.25) is 0 Å². The molecule has 4 heteroatoms. The quantitative estimate of drug-likeness (QED) is 0.839. The van der Waals surface area contributed by atoms with Crippen LogP contribution in [-0.4, -0.2) is 19.1 Å². The third-order valence-electron chi connectivity index (χ3n) is 3.98. The fourth-order valence-electron chi connectivity index (χ4n) is 2.43. The Labute approximate surface area is 106 Å². The molecule has 1 fully saturated rings. The maximum absolute atomic E-state index is 13.9. The Hall–Kier alpha value is -1.42. The molecule has 3 nitrogen and oxygen atoms in total. The molecule has 0 saturated heterocycles. The van der Waals surface area contributed by atoms with Crippen LogP contribution in [0.3, 0.4) is 0 Å². The van der Waals surface area contributed by atoms with Crippen LogP contribution in [0.2, 0.25) is 0 Å². The summed E-state index contributed by atoms with van der Waals surface area (Å²) in [5.41, 5.74) is 7.23. The lowest BCUT2D eigenvalue weighted by Gasteiger charge is -2.21. The van der Waals surface area contributed by atoms with E-state index in [-0.39, 0.29) is 17.3 Å². The highest BCUT2D eigenvalue weighted by Crippen LogP contribution is 2.50. The van der Waals surface area contributed by atoms with Gasteiger partial charge in [-0.15, -0.1) is 0 Å². The van der Waals surface area contributed by atoms with Crippen molar-refractivity contribution in [2.75, 3.05) is 7.11 Å². The molecule has 2 rings (SSSR count). The van der Waals surface area contributed by atoms with Crippen LogP contribution in [0.4, 0.5) is 4.39 Å². The van der Waals surface area contributed by atoms with Crippen LogP contribution in [0.25, 0.3) is 0 Å². The molecule has 98 valence electrons. The van der Waals surface area contributed by atoms with E-state index in [1.165, 1.54) is 13.2 Å². The van der Waals surface area contributed by atoms with Gasteiger partial charge in [0.1, 0.15) is 5.82 Å². The summed E-state index contributed by atoms with van der Waals surface area (Å²) in [7, 11) is 1.30. The van der Waals surface area contributed by atoms with Gasteiger partial charge in [0.05, 0.1) is 12.7 Å². The molecular weight excluding hydrogens is 233 g/mol. The Bertz CT molecular complexity index is 493. The molecule has 0 spiro atoms. The Morgan fingerprint density at radius 1 is 1.50 bits per heavy atom. The fraction of sp³-hybridized carbons (Fsp3) is 0.500. The molecule has 2 N–H and O–H groups in total. The van der Waals surface area contributed by atoms with E-state index in [9.17, 15) is 9.18 Å². The van der Waals surface area contributed by atoms with E-state index in [4.69, 9.17) is 5.73 Å². The Kier molecular flexibility index (Phi) is 3.15. The number of hydrogen-bond acceptors (Lipinski definition) is 3. The molecule has 0 bridgehead atoms. The van der Waals surface area contributed by atoms with E-state index >= 15 is 0 Å². The van der Waals surface area contributed by atoms with Crippen molar-refractivity contribution >= 4 is 5.97 Å². The van der Waals surface area contributed by atoms with Crippen molar-refractivity contribution in [2.45, 2.75) is 38.1 Å². The maximum atomic E-state index is 13.9. The van der Waals surface area contributed by atoms with Gasteiger partial charge in [-0.05, 0) is 49.9 Å². The second-order valence-electron chi connectivity index (χ2n) is 5.07. The van der Waals surface area contributed by atoms with E-state index in [0.29, 0.717) is 11.1 Å². The number of carbonyl (C=O) groups excluding carboxylic acids is 1. The molecule has 1 aliphatic rings. The molecule has 0 aliphatic heterocycles. The van der Waals surface area contributed by atoms with Crippen LogP contribution >= 0.6 is 0 Å². The molecule has 1 saturated carbocycles. The molecule has 1 aromatic carbocycles. The number of ether oxygens (including phenoxy) is 1. The molecule has 0 amide bonds. The zero-order chi connectivity index (χ0) is 13.5. The lowest BCUT2D eigenvalue weighted by atomic mass is 9.87. The van der Waals surface area contributed by atoms with Crippen LogP contribution < -0.4 is 5.73 Å². The first-order valence-electron chi connectivity index (χ1n) is 6.07. The number of methoxy groups -OCH3 is 1. The second-order valence-corrected chi connectivity index (χ2v) is 5.07. The normalized spacial score (nSPS) is 18.3. The highest BCUT2D eigenvalue weighted by atomic mass is 19.1. The van der Waals surface area contributed by atoms with Crippen molar-refractivity contribution < 1.29 is 13.9 Å². The Morgan fingerprint density at radius 3 is 2.56 bits per heavy atom. The molecule has 1 atom stereocenters. The first kappa shape index (κ1) is 13.0. The summed E-state index contributed by atoms with van der Waals surface area (Å²) in [4.78, 5) is 11.6. The van der Waals surface area contributed by atoms with E-state index in [2.05, 4.69) is 4.74 Å². The summed E-state index contributed by atoms with van der Waals surface area (Å²) in [6.07, 6.45) is 1.88. The molecule has 0 aromatic heterocycles. The lowest BCUT2D eigenvalue weighted by molar-refractivity contribution is 0.0599. The predicted octanol–water partition coefficient (Wildman–Crippen LogP) is 2.30. The van der Waals surface area contributed by atoms with E-state index in [0.717, 1.165) is 18.4 Å². The van der Waals surface area contributed by atoms with Gasteiger partial charge in [0.15, 0.2) is 0 Å². The van der Waals surface area contributed by atoms with Gasteiger partial charge >= 0.3 is 5.97 Å². The fourth-order valence-corrected chi connectivity index (χ4v) is 2.43. The lowest BCUT2D eigenvalue weighted by Crippen LogP contribution is -2.32. The molecule has 1 unspecified atom stereocenters. The Morgan fingerprint density at radius 2 is 2.11 bits per heavy atom. The van der Waals surface area contributed by atoms with Crippen LogP contribution in [0, 0.1) is 12.7 Å². The number of carbonyl (C=O) groups is 1. The van der Waals surface area contributed by atoms with Crippen molar-refractivity contribution in [1.82, 2.24) is 0 Å². The smallest absolute Gasteiger partial charge is 0.338 e. The van der Waals surface area contributed by atoms with Crippen molar-refractivity contribution in [3.05, 3.63) is 34.6 Å². The first-order chi connectivity index (χ1) is 8.42. The maximum Gasteiger partial charge on any atom is 0.338 e. The molecule has 0 radical (unpaired) electrons. The van der Waals surface area contributed by atoms with Gasteiger partial charge in [0.25, 0.3) is 0 Å². The van der Waals surface area contributed by atoms with E-state index in [1.54, 1.807) is 13.0 Å². The van der Waals surface area contributed by atoms with Crippen LogP contribution in [-0.2, 0) is 10.2 Å². The van der Waals surface area contributed by atoms with Gasteiger partial charge in [-0.2, -0.15) is 0 Å². The number of nitrogens with two attached hydrogens (primary N) is 1.